The van der Waals surface area contributed by atoms with Crippen molar-refractivity contribution < 1.29 is 22.3 Å². The predicted octanol–water partition coefficient (Wildman–Crippen LogP) is 1.31. The first-order valence-electron chi connectivity index (χ1n) is 6.51. The summed E-state index contributed by atoms with van der Waals surface area (Å²) in [4.78, 5) is 11.1. The Balaban J connectivity index is 0.00000441. The van der Waals surface area contributed by atoms with E-state index in [0.29, 0.717) is 6.54 Å². The highest BCUT2D eigenvalue weighted by atomic mass is 35.5. The predicted molar refractivity (Wildman–Crippen MR) is 83.3 cm³/mol. The fraction of sp³-hybridized carbons (Fsp3) is 0.462. The summed E-state index contributed by atoms with van der Waals surface area (Å²) >= 11 is 0. The van der Waals surface area contributed by atoms with E-state index in [1.54, 1.807) is 0 Å². The van der Waals surface area contributed by atoms with Crippen LogP contribution in [-0.2, 0) is 14.8 Å². The summed E-state index contributed by atoms with van der Waals surface area (Å²) in [5.41, 5.74) is -0.589. The minimum Gasteiger partial charge on any atom is -0.465 e. The summed E-state index contributed by atoms with van der Waals surface area (Å²) in [6, 6.07) is 3.40. The number of rotatable bonds is 8. The zero-order valence-electron chi connectivity index (χ0n) is 12.4. The minimum absolute atomic E-state index is 0. The number of carbonyl (C=O) groups is 1. The summed E-state index contributed by atoms with van der Waals surface area (Å²) in [5.74, 6) is -1.97. The van der Waals surface area contributed by atoms with Gasteiger partial charge in [-0.05, 0) is 25.1 Å². The largest absolute Gasteiger partial charge is 0.465 e. The third kappa shape index (κ3) is 5.53. The second kappa shape index (κ2) is 9.73. The summed E-state index contributed by atoms with van der Waals surface area (Å²) in [7, 11) is -2.92. The zero-order chi connectivity index (χ0) is 15.9. The van der Waals surface area contributed by atoms with Gasteiger partial charge < -0.3 is 10.1 Å². The van der Waals surface area contributed by atoms with Crippen molar-refractivity contribution in [3.05, 3.63) is 29.6 Å². The second-order valence-corrected chi connectivity index (χ2v) is 5.99. The smallest absolute Gasteiger partial charge is 0.342 e. The first-order chi connectivity index (χ1) is 9.94. The van der Waals surface area contributed by atoms with Crippen LogP contribution in [0, 0.1) is 5.82 Å². The number of carbonyl (C=O) groups excluding carboxylic acids is 1. The van der Waals surface area contributed by atoms with Gasteiger partial charge in [0.25, 0.3) is 0 Å². The highest BCUT2D eigenvalue weighted by molar-refractivity contribution is 7.89. The lowest BCUT2D eigenvalue weighted by Gasteiger charge is -2.11. The molecule has 0 saturated carbocycles. The topological polar surface area (TPSA) is 84.5 Å². The van der Waals surface area contributed by atoms with Gasteiger partial charge in [0.15, 0.2) is 0 Å². The van der Waals surface area contributed by atoms with Crippen molar-refractivity contribution in [2.24, 2.45) is 0 Å². The number of methoxy groups -OCH3 is 1. The van der Waals surface area contributed by atoms with Crippen molar-refractivity contribution >= 4 is 28.4 Å². The molecular weight excluding hydrogens is 335 g/mol. The number of sulfonamides is 1. The molecule has 0 fully saturated rings. The summed E-state index contributed by atoms with van der Waals surface area (Å²) in [6.45, 7) is 3.34. The fourth-order valence-electron chi connectivity index (χ4n) is 1.68. The van der Waals surface area contributed by atoms with E-state index in [0.717, 1.165) is 32.2 Å². The molecule has 22 heavy (non-hydrogen) atoms. The lowest BCUT2D eigenvalue weighted by Crippen LogP contribution is -2.33. The average molecular weight is 355 g/mol. The van der Waals surface area contributed by atoms with E-state index >= 15 is 0 Å². The van der Waals surface area contributed by atoms with E-state index in [9.17, 15) is 17.6 Å². The molecule has 0 aromatic heterocycles. The lowest BCUT2D eigenvalue weighted by atomic mass is 10.2. The molecule has 1 aromatic carbocycles. The Morgan fingerprint density at radius 3 is 2.55 bits per heavy atom. The Bertz CT molecular complexity index is 596. The molecule has 0 heterocycles. The fourth-order valence-corrected chi connectivity index (χ4v) is 2.92. The molecule has 0 spiro atoms. The molecule has 0 amide bonds. The molecule has 1 rings (SSSR count). The highest BCUT2D eigenvalue weighted by Crippen LogP contribution is 2.19. The maximum Gasteiger partial charge on any atom is 0.342 e. The molecule has 0 radical (unpaired) electrons. The standard InChI is InChI=1S/C13H19FN2O4S.ClH/c1-3-7-15-8-9-16-21(18,19)11-6-4-5-10(14)12(11)13(17)20-2;/h4-6,15-16H,3,7-9H2,1-2H3;1H. The van der Waals surface area contributed by atoms with Gasteiger partial charge in [-0.2, -0.15) is 0 Å². The molecule has 0 aliphatic heterocycles. The van der Waals surface area contributed by atoms with Gasteiger partial charge in [0, 0.05) is 13.1 Å². The van der Waals surface area contributed by atoms with Crippen molar-refractivity contribution in [1.29, 1.82) is 0 Å². The number of esters is 1. The van der Waals surface area contributed by atoms with Gasteiger partial charge in [-0.3, -0.25) is 0 Å². The molecule has 6 nitrogen and oxygen atoms in total. The summed E-state index contributed by atoms with van der Waals surface area (Å²) in [6.07, 6.45) is 0.934. The lowest BCUT2D eigenvalue weighted by molar-refractivity contribution is 0.0590. The number of hydrogen-bond donors (Lipinski definition) is 2. The van der Waals surface area contributed by atoms with Gasteiger partial charge in [-0.1, -0.05) is 13.0 Å². The number of ether oxygens (including phenoxy) is 1. The van der Waals surface area contributed by atoms with Crippen molar-refractivity contribution in [3.8, 4) is 0 Å². The van der Waals surface area contributed by atoms with Crippen LogP contribution in [0.3, 0.4) is 0 Å². The zero-order valence-corrected chi connectivity index (χ0v) is 14.0. The maximum atomic E-state index is 13.7. The van der Waals surface area contributed by atoms with Crippen LogP contribution >= 0.6 is 12.4 Å². The van der Waals surface area contributed by atoms with Crippen LogP contribution in [-0.4, -0.2) is 41.1 Å². The van der Waals surface area contributed by atoms with Crippen molar-refractivity contribution in [1.82, 2.24) is 10.0 Å². The molecule has 9 heteroatoms. The monoisotopic (exact) mass is 354 g/mol. The van der Waals surface area contributed by atoms with Crippen LogP contribution in [0.2, 0.25) is 0 Å². The number of hydrogen-bond acceptors (Lipinski definition) is 5. The van der Waals surface area contributed by atoms with Crippen LogP contribution in [0.25, 0.3) is 0 Å². The van der Waals surface area contributed by atoms with E-state index in [2.05, 4.69) is 14.8 Å². The van der Waals surface area contributed by atoms with Crippen LogP contribution in [0.1, 0.15) is 23.7 Å². The highest BCUT2D eigenvalue weighted by Gasteiger charge is 2.25. The van der Waals surface area contributed by atoms with Gasteiger partial charge in [0.1, 0.15) is 11.4 Å². The van der Waals surface area contributed by atoms with Crippen molar-refractivity contribution in [3.63, 3.8) is 0 Å². The van der Waals surface area contributed by atoms with E-state index < -0.39 is 32.3 Å². The van der Waals surface area contributed by atoms with Gasteiger partial charge in [0.05, 0.1) is 12.0 Å². The van der Waals surface area contributed by atoms with Crippen LogP contribution in [0.15, 0.2) is 23.1 Å². The Morgan fingerprint density at radius 2 is 1.95 bits per heavy atom. The third-order valence-corrected chi connectivity index (χ3v) is 4.18. The summed E-state index contributed by atoms with van der Waals surface area (Å²) < 4.78 is 44.7. The SMILES string of the molecule is CCCNCCNS(=O)(=O)c1cccc(F)c1C(=O)OC.Cl. The number of nitrogens with one attached hydrogen (secondary N) is 2. The quantitative estimate of drug-likeness (QED) is 0.543. The molecule has 0 unspecified atom stereocenters. The van der Waals surface area contributed by atoms with E-state index in [-0.39, 0.29) is 19.0 Å². The van der Waals surface area contributed by atoms with Gasteiger partial charge >= 0.3 is 5.97 Å². The van der Waals surface area contributed by atoms with Gasteiger partial charge in [-0.25, -0.2) is 22.3 Å². The Labute approximate surface area is 135 Å². The summed E-state index contributed by atoms with van der Waals surface area (Å²) in [5, 5.41) is 3.03. The van der Waals surface area contributed by atoms with Crippen molar-refractivity contribution in [2.75, 3.05) is 26.7 Å². The first-order valence-corrected chi connectivity index (χ1v) is 7.99. The van der Waals surface area contributed by atoms with Crippen LogP contribution in [0.5, 0.6) is 0 Å². The number of benzene rings is 1. The third-order valence-electron chi connectivity index (χ3n) is 2.68. The van der Waals surface area contributed by atoms with E-state index in [1.807, 2.05) is 6.92 Å². The normalized spacial score (nSPS) is 10.9. The molecule has 1 aromatic rings. The molecular formula is C13H20ClFN2O4S. The molecule has 0 bridgehead atoms. The molecule has 0 saturated heterocycles. The number of halogens is 2. The second-order valence-electron chi connectivity index (χ2n) is 4.25. The minimum atomic E-state index is -3.99. The Hall–Kier alpha value is -1.22. The first kappa shape index (κ1) is 20.8. The van der Waals surface area contributed by atoms with Crippen LogP contribution < -0.4 is 10.0 Å². The molecule has 0 aliphatic carbocycles. The Morgan fingerprint density at radius 1 is 1.27 bits per heavy atom. The van der Waals surface area contributed by atoms with Crippen molar-refractivity contribution in [2.45, 2.75) is 18.2 Å². The van der Waals surface area contributed by atoms with Gasteiger partial charge in [-0.15, -0.1) is 12.4 Å². The molecule has 126 valence electrons. The van der Waals surface area contributed by atoms with E-state index in [1.165, 1.54) is 6.07 Å². The average Bonchev–Trinajstić information content (AvgIpc) is 2.46. The van der Waals surface area contributed by atoms with Gasteiger partial charge in [0.2, 0.25) is 10.0 Å². The van der Waals surface area contributed by atoms with E-state index in [4.69, 9.17) is 0 Å². The molecule has 2 N–H and O–H groups in total. The molecule has 0 aliphatic rings. The molecule has 0 atom stereocenters. The maximum absolute atomic E-state index is 13.7. The van der Waals surface area contributed by atoms with Crippen LogP contribution in [0.4, 0.5) is 4.39 Å². The Kier molecular flexibility index (Phi) is 9.19.